The van der Waals surface area contributed by atoms with Crippen LogP contribution in [0.1, 0.15) is 24.7 Å². The summed E-state index contributed by atoms with van der Waals surface area (Å²) in [5, 5.41) is 17.4. The van der Waals surface area contributed by atoms with Gasteiger partial charge in [-0.25, -0.2) is 0 Å². The SMILES string of the molecule is COc1ccc(CC(C)(NCCCS(=O)(=O)O)c2nn[nH]n2)cc1OC. The maximum absolute atomic E-state index is 10.9. The molecule has 0 saturated carbocycles. The highest BCUT2D eigenvalue weighted by molar-refractivity contribution is 7.85. The van der Waals surface area contributed by atoms with E-state index >= 15 is 0 Å². The highest BCUT2D eigenvalue weighted by Gasteiger charge is 2.31. The number of nitrogens with one attached hydrogen (secondary N) is 2. The largest absolute Gasteiger partial charge is 0.493 e. The summed E-state index contributed by atoms with van der Waals surface area (Å²) in [4.78, 5) is 0. The molecule has 0 spiro atoms. The van der Waals surface area contributed by atoms with Crippen LogP contribution in [0.4, 0.5) is 0 Å². The van der Waals surface area contributed by atoms with Crippen LogP contribution >= 0.6 is 0 Å². The Kier molecular flexibility index (Phi) is 6.51. The molecule has 0 radical (unpaired) electrons. The van der Waals surface area contributed by atoms with E-state index in [2.05, 4.69) is 25.9 Å². The van der Waals surface area contributed by atoms with Crippen LogP contribution in [0.2, 0.25) is 0 Å². The first kappa shape index (κ1) is 20.1. The Hall–Kier alpha value is -2.24. The number of benzene rings is 1. The molecule has 1 aromatic heterocycles. The van der Waals surface area contributed by atoms with Gasteiger partial charge >= 0.3 is 0 Å². The average molecular weight is 385 g/mol. The van der Waals surface area contributed by atoms with Crippen LogP contribution in [0.25, 0.3) is 0 Å². The summed E-state index contributed by atoms with van der Waals surface area (Å²) in [6.45, 7) is 2.24. The summed E-state index contributed by atoms with van der Waals surface area (Å²) in [6, 6.07) is 5.57. The van der Waals surface area contributed by atoms with Crippen molar-refractivity contribution in [3.05, 3.63) is 29.6 Å². The normalized spacial score (nSPS) is 14.0. The van der Waals surface area contributed by atoms with Crippen LogP contribution in [-0.2, 0) is 22.1 Å². The number of hydrogen-bond acceptors (Lipinski definition) is 8. The molecule has 2 aromatic rings. The van der Waals surface area contributed by atoms with E-state index in [4.69, 9.17) is 14.0 Å². The van der Waals surface area contributed by atoms with Crippen molar-refractivity contribution in [1.82, 2.24) is 25.9 Å². The number of H-pyrrole nitrogens is 1. The van der Waals surface area contributed by atoms with Gasteiger partial charge < -0.3 is 14.8 Å². The van der Waals surface area contributed by atoms with E-state index in [0.29, 0.717) is 30.3 Å². The molecule has 0 bridgehead atoms. The second-order valence-corrected chi connectivity index (χ2v) is 7.57. The lowest BCUT2D eigenvalue weighted by Gasteiger charge is -2.28. The number of methoxy groups -OCH3 is 2. The quantitative estimate of drug-likeness (QED) is 0.395. The lowest BCUT2D eigenvalue weighted by molar-refractivity contribution is 0.338. The first-order valence-electron chi connectivity index (χ1n) is 7.92. The molecule has 3 N–H and O–H groups in total. The molecule has 0 amide bonds. The molecule has 1 aromatic carbocycles. The van der Waals surface area contributed by atoms with Gasteiger partial charge in [-0.1, -0.05) is 11.3 Å². The summed E-state index contributed by atoms with van der Waals surface area (Å²) >= 11 is 0. The van der Waals surface area contributed by atoms with Crippen molar-refractivity contribution in [2.45, 2.75) is 25.3 Å². The number of aromatic amines is 1. The third-order valence-electron chi connectivity index (χ3n) is 3.94. The predicted molar refractivity (Wildman–Crippen MR) is 93.8 cm³/mol. The Bertz CT molecular complexity index is 812. The summed E-state index contributed by atoms with van der Waals surface area (Å²) in [7, 11) is -0.861. The fraction of sp³-hybridized carbons (Fsp3) is 0.533. The van der Waals surface area contributed by atoms with E-state index in [1.165, 1.54) is 0 Å². The van der Waals surface area contributed by atoms with E-state index in [0.717, 1.165) is 5.56 Å². The lowest BCUT2D eigenvalue weighted by Crippen LogP contribution is -2.43. The zero-order valence-electron chi connectivity index (χ0n) is 14.9. The van der Waals surface area contributed by atoms with Crippen LogP contribution in [0.15, 0.2) is 18.2 Å². The Labute approximate surface area is 152 Å². The Morgan fingerprint density at radius 2 is 2.00 bits per heavy atom. The molecule has 0 aliphatic carbocycles. The smallest absolute Gasteiger partial charge is 0.264 e. The van der Waals surface area contributed by atoms with Gasteiger partial charge in [0.15, 0.2) is 17.3 Å². The van der Waals surface area contributed by atoms with Crippen LogP contribution in [0, 0.1) is 0 Å². The Morgan fingerprint density at radius 1 is 1.27 bits per heavy atom. The molecule has 10 nitrogen and oxygen atoms in total. The van der Waals surface area contributed by atoms with Gasteiger partial charge in [-0.2, -0.15) is 13.6 Å². The molecule has 0 aliphatic heterocycles. The number of hydrogen-bond donors (Lipinski definition) is 3. The minimum Gasteiger partial charge on any atom is -0.493 e. The molecule has 2 rings (SSSR count). The van der Waals surface area contributed by atoms with Gasteiger partial charge in [-0.3, -0.25) is 4.55 Å². The summed E-state index contributed by atoms with van der Waals surface area (Å²) in [5.41, 5.74) is 0.239. The van der Waals surface area contributed by atoms with E-state index in [1.54, 1.807) is 14.2 Å². The second-order valence-electron chi connectivity index (χ2n) is 6.00. The molecule has 1 unspecified atom stereocenters. The van der Waals surface area contributed by atoms with Crippen molar-refractivity contribution >= 4 is 10.1 Å². The highest BCUT2D eigenvalue weighted by atomic mass is 32.2. The van der Waals surface area contributed by atoms with Crippen molar-refractivity contribution in [2.24, 2.45) is 0 Å². The number of tetrazole rings is 1. The van der Waals surface area contributed by atoms with Crippen LogP contribution in [0.3, 0.4) is 0 Å². The van der Waals surface area contributed by atoms with Crippen molar-refractivity contribution < 1.29 is 22.4 Å². The predicted octanol–water partition coefficient (Wildman–Crippen LogP) is 0.542. The number of nitrogens with zero attached hydrogens (tertiary/aromatic N) is 3. The van der Waals surface area contributed by atoms with Gasteiger partial charge in [0.25, 0.3) is 10.1 Å². The third kappa shape index (κ3) is 5.38. The maximum atomic E-state index is 10.9. The molecule has 26 heavy (non-hydrogen) atoms. The van der Waals surface area contributed by atoms with Gasteiger partial charge in [0.2, 0.25) is 0 Å². The number of aromatic nitrogens is 4. The number of ether oxygens (including phenoxy) is 2. The van der Waals surface area contributed by atoms with Gasteiger partial charge in [0, 0.05) is 0 Å². The summed E-state index contributed by atoms with van der Waals surface area (Å²) in [6.07, 6.45) is 0.747. The van der Waals surface area contributed by atoms with Crippen LogP contribution in [0.5, 0.6) is 11.5 Å². The highest BCUT2D eigenvalue weighted by Crippen LogP contribution is 2.30. The zero-order valence-corrected chi connectivity index (χ0v) is 15.7. The molecular weight excluding hydrogens is 362 g/mol. The van der Waals surface area contributed by atoms with E-state index in [1.807, 2.05) is 25.1 Å². The molecule has 0 saturated heterocycles. The first-order chi connectivity index (χ1) is 12.3. The molecule has 144 valence electrons. The van der Waals surface area contributed by atoms with Crippen molar-refractivity contribution in [2.75, 3.05) is 26.5 Å². The van der Waals surface area contributed by atoms with Crippen LogP contribution < -0.4 is 14.8 Å². The molecule has 11 heteroatoms. The molecular formula is C15H23N5O5S. The van der Waals surface area contributed by atoms with Crippen molar-refractivity contribution in [3.8, 4) is 11.5 Å². The average Bonchev–Trinajstić information content (AvgIpc) is 3.13. The van der Waals surface area contributed by atoms with E-state index in [9.17, 15) is 8.42 Å². The molecule has 0 aliphatic rings. The van der Waals surface area contributed by atoms with Gasteiger partial charge in [0.05, 0.1) is 25.5 Å². The van der Waals surface area contributed by atoms with Gasteiger partial charge in [-0.15, -0.1) is 10.2 Å². The van der Waals surface area contributed by atoms with Gasteiger partial charge in [-0.05, 0) is 44.0 Å². The maximum Gasteiger partial charge on any atom is 0.264 e. The fourth-order valence-corrected chi connectivity index (χ4v) is 3.14. The standard InChI is InChI=1S/C15H23N5O5S/c1-15(14-17-19-20-18-14,16-7-4-8-26(21,22)23)10-11-5-6-12(24-2)13(9-11)25-3/h5-6,9,16H,4,7-8,10H2,1-3H3,(H,21,22,23)(H,17,18,19,20). The van der Waals surface area contributed by atoms with E-state index < -0.39 is 15.7 Å². The minimum absolute atomic E-state index is 0.248. The lowest BCUT2D eigenvalue weighted by atomic mass is 9.91. The Balaban J connectivity index is 2.17. The minimum atomic E-state index is -3.99. The second kappa shape index (κ2) is 8.43. The molecule has 1 atom stereocenters. The summed E-state index contributed by atoms with van der Waals surface area (Å²) < 4.78 is 41.2. The summed E-state index contributed by atoms with van der Waals surface area (Å²) in [5.74, 6) is 1.35. The molecule has 1 heterocycles. The van der Waals surface area contributed by atoms with Gasteiger partial charge in [0.1, 0.15) is 0 Å². The molecule has 0 fully saturated rings. The van der Waals surface area contributed by atoms with Crippen molar-refractivity contribution in [1.29, 1.82) is 0 Å². The third-order valence-corrected chi connectivity index (χ3v) is 4.74. The first-order valence-corrected chi connectivity index (χ1v) is 9.53. The Morgan fingerprint density at radius 3 is 2.58 bits per heavy atom. The zero-order chi connectivity index (χ0) is 19.2. The number of rotatable bonds is 10. The van der Waals surface area contributed by atoms with Crippen LogP contribution in [-0.4, -0.2) is 60.1 Å². The van der Waals surface area contributed by atoms with Crippen molar-refractivity contribution in [3.63, 3.8) is 0 Å². The van der Waals surface area contributed by atoms with E-state index in [-0.39, 0.29) is 12.2 Å². The monoisotopic (exact) mass is 385 g/mol. The topological polar surface area (TPSA) is 139 Å². The fourth-order valence-electron chi connectivity index (χ4n) is 2.63.